The standard InChI is InChI=1S/C23H21FN6O4S/c24-17-9-8-15(12-20(17)35(33,34)29-10-4-1-5-11-29)22(31)28-18-6-2-3-7-19(18)30-21-16(13-27-30)23(32)26-14-25-21/h2-3,6-9,12-14H,1,4-5,10-11H2,(H,28,31)(H,25,26,32). The topological polar surface area (TPSA) is 130 Å². The lowest BCUT2D eigenvalue weighted by molar-refractivity contribution is 0.102. The minimum absolute atomic E-state index is 0.0170. The number of carbonyl (C=O) groups excluding carboxylic acids is 1. The SMILES string of the molecule is O=C(Nc1ccccc1-n1ncc2c(=O)[nH]cnc21)c1ccc(F)c(S(=O)(=O)N2CCCCC2)c1. The van der Waals surface area contributed by atoms with Crippen molar-refractivity contribution in [1.82, 2.24) is 24.1 Å². The van der Waals surface area contributed by atoms with Crippen molar-refractivity contribution in [1.29, 1.82) is 0 Å². The minimum Gasteiger partial charge on any atom is -0.320 e. The van der Waals surface area contributed by atoms with E-state index in [9.17, 15) is 22.4 Å². The number of benzene rings is 2. The fraction of sp³-hybridized carbons (Fsp3) is 0.217. The van der Waals surface area contributed by atoms with Crippen molar-refractivity contribution < 1.29 is 17.6 Å². The van der Waals surface area contributed by atoms with E-state index in [2.05, 4.69) is 20.4 Å². The fourth-order valence-corrected chi connectivity index (χ4v) is 5.69. The van der Waals surface area contributed by atoms with Gasteiger partial charge in [-0.1, -0.05) is 18.6 Å². The van der Waals surface area contributed by atoms with Crippen molar-refractivity contribution in [3.8, 4) is 5.69 Å². The molecule has 0 radical (unpaired) electrons. The summed E-state index contributed by atoms with van der Waals surface area (Å²) in [6.45, 7) is 0.639. The molecule has 12 heteroatoms. The molecule has 0 atom stereocenters. The highest BCUT2D eigenvalue weighted by Gasteiger charge is 2.29. The second kappa shape index (κ2) is 9.04. The number of amides is 1. The van der Waals surface area contributed by atoms with E-state index >= 15 is 0 Å². The van der Waals surface area contributed by atoms with E-state index in [1.54, 1.807) is 24.3 Å². The van der Waals surface area contributed by atoms with Crippen LogP contribution in [0.1, 0.15) is 29.6 Å². The maximum Gasteiger partial charge on any atom is 0.261 e. The lowest BCUT2D eigenvalue weighted by Crippen LogP contribution is -2.36. The van der Waals surface area contributed by atoms with E-state index in [4.69, 9.17) is 0 Å². The minimum atomic E-state index is -4.07. The molecule has 1 aliphatic heterocycles. The van der Waals surface area contributed by atoms with Gasteiger partial charge >= 0.3 is 0 Å². The molecule has 3 heterocycles. The smallest absolute Gasteiger partial charge is 0.261 e. The van der Waals surface area contributed by atoms with E-state index < -0.39 is 26.6 Å². The Morgan fingerprint density at radius 3 is 2.66 bits per heavy atom. The molecular weight excluding hydrogens is 475 g/mol. The van der Waals surface area contributed by atoms with Gasteiger partial charge in [0.2, 0.25) is 10.0 Å². The van der Waals surface area contributed by atoms with Crippen LogP contribution in [0.4, 0.5) is 10.1 Å². The molecule has 4 aromatic rings. The maximum absolute atomic E-state index is 14.6. The molecule has 0 unspecified atom stereocenters. The average Bonchev–Trinajstić information content (AvgIpc) is 3.30. The van der Waals surface area contributed by atoms with Crippen LogP contribution in [0.5, 0.6) is 0 Å². The van der Waals surface area contributed by atoms with Crippen LogP contribution >= 0.6 is 0 Å². The lowest BCUT2D eigenvalue weighted by Gasteiger charge is -2.26. The Kier molecular flexibility index (Phi) is 5.91. The predicted molar refractivity (Wildman–Crippen MR) is 126 cm³/mol. The number of para-hydroxylation sites is 2. The molecular formula is C23H21FN6O4S. The first-order chi connectivity index (χ1) is 16.9. The van der Waals surface area contributed by atoms with E-state index in [0.717, 1.165) is 18.6 Å². The van der Waals surface area contributed by atoms with Crippen molar-refractivity contribution in [3.63, 3.8) is 0 Å². The molecule has 0 spiro atoms. The number of anilines is 1. The molecule has 0 saturated carbocycles. The van der Waals surface area contributed by atoms with Crippen LogP contribution in [-0.4, -0.2) is 51.5 Å². The van der Waals surface area contributed by atoms with Gasteiger partial charge in [-0.2, -0.15) is 9.40 Å². The van der Waals surface area contributed by atoms with Crippen LogP contribution in [-0.2, 0) is 10.0 Å². The van der Waals surface area contributed by atoms with Crippen molar-refractivity contribution >= 4 is 32.7 Å². The zero-order chi connectivity index (χ0) is 24.6. The number of halogens is 1. The second-order valence-electron chi connectivity index (χ2n) is 8.11. The number of H-pyrrole nitrogens is 1. The first-order valence-electron chi connectivity index (χ1n) is 11.0. The van der Waals surface area contributed by atoms with Crippen molar-refractivity contribution in [2.45, 2.75) is 24.2 Å². The van der Waals surface area contributed by atoms with Gasteiger partial charge < -0.3 is 10.3 Å². The number of nitrogens with zero attached hydrogens (tertiary/aromatic N) is 4. The van der Waals surface area contributed by atoms with Gasteiger partial charge in [0.25, 0.3) is 11.5 Å². The summed E-state index contributed by atoms with van der Waals surface area (Å²) < 4.78 is 43.2. The molecule has 0 aliphatic carbocycles. The van der Waals surface area contributed by atoms with Gasteiger partial charge in [0.1, 0.15) is 16.1 Å². The Labute approximate surface area is 199 Å². The van der Waals surface area contributed by atoms with Crippen molar-refractivity contribution in [2.75, 3.05) is 18.4 Å². The molecule has 5 rings (SSSR count). The number of sulfonamides is 1. The summed E-state index contributed by atoms with van der Waals surface area (Å²) in [4.78, 5) is 31.2. The Bertz CT molecular complexity index is 1590. The highest BCUT2D eigenvalue weighted by atomic mass is 32.2. The maximum atomic E-state index is 14.6. The third kappa shape index (κ3) is 4.21. The number of nitrogens with one attached hydrogen (secondary N) is 2. The van der Waals surface area contributed by atoms with Crippen LogP contribution in [0.15, 0.2) is 64.7 Å². The van der Waals surface area contributed by atoms with Crippen molar-refractivity contribution in [2.24, 2.45) is 0 Å². The number of aromatic amines is 1. The zero-order valence-electron chi connectivity index (χ0n) is 18.4. The Hall–Kier alpha value is -3.90. The Balaban J connectivity index is 1.48. The van der Waals surface area contributed by atoms with Gasteiger partial charge in [-0.25, -0.2) is 22.5 Å². The third-order valence-corrected chi connectivity index (χ3v) is 7.79. The summed E-state index contributed by atoms with van der Waals surface area (Å²) in [5.41, 5.74) is 0.715. The zero-order valence-corrected chi connectivity index (χ0v) is 19.3. The molecule has 35 heavy (non-hydrogen) atoms. The molecule has 0 bridgehead atoms. The van der Waals surface area contributed by atoms with Gasteiger partial charge in [0, 0.05) is 18.7 Å². The quantitative estimate of drug-likeness (QED) is 0.437. The van der Waals surface area contributed by atoms with Gasteiger partial charge in [-0.05, 0) is 43.2 Å². The van der Waals surface area contributed by atoms with Crippen molar-refractivity contribution in [3.05, 3.63) is 76.7 Å². The summed E-state index contributed by atoms with van der Waals surface area (Å²) in [6, 6.07) is 10.0. The average molecular weight is 497 g/mol. The largest absolute Gasteiger partial charge is 0.320 e. The fourth-order valence-electron chi connectivity index (χ4n) is 4.08. The molecule has 180 valence electrons. The number of carbonyl (C=O) groups is 1. The Morgan fingerprint density at radius 2 is 1.86 bits per heavy atom. The number of hydrogen-bond donors (Lipinski definition) is 2. The molecule has 10 nitrogen and oxygen atoms in total. The van der Waals surface area contributed by atoms with Crippen LogP contribution in [0, 0.1) is 5.82 Å². The van der Waals surface area contributed by atoms with Gasteiger partial charge in [-0.3, -0.25) is 9.59 Å². The summed E-state index contributed by atoms with van der Waals surface area (Å²) in [5.74, 6) is -1.54. The summed E-state index contributed by atoms with van der Waals surface area (Å²) in [6.07, 6.45) is 4.97. The van der Waals surface area contributed by atoms with Crippen LogP contribution in [0.25, 0.3) is 16.7 Å². The monoisotopic (exact) mass is 496 g/mol. The van der Waals surface area contributed by atoms with Crippen LogP contribution in [0.3, 0.4) is 0 Å². The van der Waals surface area contributed by atoms with Gasteiger partial charge in [0.15, 0.2) is 5.65 Å². The molecule has 2 aromatic heterocycles. The first-order valence-corrected chi connectivity index (χ1v) is 12.4. The van der Waals surface area contributed by atoms with E-state index in [1.165, 1.54) is 27.6 Å². The number of hydrogen-bond acceptors (Lipinski definition) is 6. The summed E-state index contributed by atoms with van der Waals surface area (Å²) in [7, 11) is -4.07. The van der Waals surface area contributed by atoms with Gasteiger partial charge in [0.05, 0.1) is 23.9 Å². The third-order valence-electron chi connectivity index (χ3n) is 5.88. The van der Waals surface area contributed by atoms with Gasteiger partial charge in [-0.15, -0.1) is 0 Å². The first kappa shape index (κ1) is 22.9. The van der Waals surface area contributed by atoms with Crippen LogP contribution < -0.4 is 10.9 Å². The van der Waals surface area contributed by atoms with Crippen LogP contribution in [0.2, 0.25) is 0 Å². The number of piperidine rings is 1. The second-order valence-corrected chi connectivity index (χ2v) is 10.0. The highest BCUT2D eigenvalue weighted by Crippen LogP contribution is 2.26. The summed E-state index contributed by atoms with van der Waals surface area (Å²) in [5, 5.41) is 7.23. The number of rotatable bonds is 5. The predicted octanol–water partition coefficient (Wildman–Crippen LogP) is 2.67. The molecule has 1 fully saturated rings. The number of fused-ring (bicyclic) bond motifs is 1. The molecule has 1 saturated heterocycles. The summed E-state index contributed by atoms with van der Waals surface area (Å²) >= 11 is 0. The molecule has 2 N–H and O–H groups in total. The lowest BCUT2D eigenvalue weighted by atomic mass is 10.2. The molecule has 1 aliphatic rings. The molecule has 1 amide bonds. The van der Waals surface area contributed by atoms with E-state index in [0.29, 0.717) is 43.0 Å². The highest BCUT2D eigenvalue weighted by molar-refractivity contribution is 7.89. The van der Waals surface area contributed by atoms with E-state index in [1.807, 2.05) is 0 Å². The van der Waals surface area contributed by atoms with E-state index in [-0.39, 0.29) is 16.5 Å². The normalized spacial score (nSPS) is 14.8. The Morgan fingerprint density at radius 1 is 1.09 bits per heavy atom. The number of aromatic nitrogens is 4. The molecule has 2 aromatic carbocycles.